The summed E-state index contributed by atoms with van der Waals surface area (Å²) in [4.78, 5) is 28.0. The Morgan fingerprint density at radius 2 is 1.83 bits per heavy atom. The van der Waals surface area contributed by atoms with Gasteiger partial charge in [0.25, 0.3) is 5.91 Å². The van der Waals surface area contributed by atoms with Crippen LogP contribution in [0.5, 0.6) is 0 Å². The number of nitrogens with zero attached hydrogens (tertiary/aromatic N) is 1. The largest absolute Gasteiger partial charge is 0.352 e. The molecule has 6 heteroatoms. The minimum absolute atomic E-state index is 0.121. The summed E-state index contributed by atoms with van der Waals surface area (Å²) in [7, 11) is 0. The lowest BCUT2D eigenvalue weighted by Gasteiger charge is -2.07. The summed E-state index contributed by atoms with van der Waals surface area (Å²) in [6, 6.07) is 12.7. The van der Waals surface area contributed by atoms with Gasteiger partial charge in [-0.1, -0.05) is 22.0 Å². The fourth-order valence-corrected chi connectivity index (χ4v) is 2.23. The molecular formula is C17H18BrN3O2. The molecule has 0 aliphatic heterocycles. The molecule has 2 aromatic rings. The first-order valence-corrected chi connectivity index (χ1v) is 8.07. The lowest BCUT2D eigenvalue weighted by molar-refractivity contribution is -0.121. The number of nitrogens with one attached hydrogen (secondary N) is 2. The van der Waals surface area contributed by atoms with E-state index in [2.05, 4.69) is 31.5 Å². The Kier molecular flexibility index (Phi) is 6.29. The summed E-state index contributed by atoms with van der Waals surface area (Å²) in [5, 5.41) is 5.51. The topological polar surface area (TPSA) is 71.1 Å². The Morgan fingerprint density at radius 1 is 1.09 bits per heavy atom. The summed E-state index contributed by atoms with van der Waals surface area (Å²) in [5.41, 5.74) is 2.30. The zero-order chi connectivity index (χ0) is 16.7. The maximum absolute atomic E-state index is 11.9. The smallest absolute Gasteiger partial charge is 0.251 e. The van der Waals surface area contributed by atoms with Crippen molar-refractivity contribution >= 4 is 27.7 Å². The molecule has 0 atom stereocenters. The van der Waals surface area contributed by atoms with Crippen LogP contribution in [0.15, 0.2) is 46.9 Å². The quantitative estimate of drug-likeness (QED) is 0.814. The predicted molar refractivity (Wildman–Crippen MR) is 91.9 cm³/mol. The molecular weight excluding hydrogens is 358 g/mol. The third-order valence-electron chi connectivity index (χ3n) is 3.16. The van der Waals surface area contributed by atoms with Gasteiger partial charge in [0.2, 0.25) is 5.91 Å². The number of carbonyl (C=O) groups is 2. The van der Waals surface area contributed by atoms with E-state index in [4.69, 9.17) is 0 Å². The average molecular weight is 376 g/mol. The van der Waals surface area contributed by atoms with Crippen molar-refractivity contribution in [2.24, 2.45) is 0 Å². The minimum Gasteiger partial charge on any atom is -0.352 e. The molecule has 23 heavy (non-hydrogen) atoms. The SMILES string of the molecule is Cc1cccc(CNC(=O)CCNC(=O)c2ccc(Br)cc2)n1. The number of amides is 2. The number of benzene rings is 1. The molecule has 2 rings (SSSR count). The van der Waals surface area contributed by atoms with Crippen LogP contribution in [0.1, 0.15) is 28.2 Å². The molecule has 0 saturated heterocycles. The van der Waals surface area contributed by atoms with Crippen molar-refractivity contribution in [3.05, 3.63) is 63.9 Å². The van der Waals surface area contributed by atoms with E-state index < -0.39 is 0 Å². The highest BCUT2D eigenvalue weighted by Crippen LogP contribution is 2.10. The first-order chi connectivity index (χ1) is 11.0. The summed E-state index contributed by atoms with van der Waals surface area (Å²) < 4.78 is 0.915. The zero-order valence-electron chi connectivity index (χ0n) is 12.8. The number of aryl methyl sites for hydroxylation is 1. The second-order valence-electron chi connectivity index (χ2n) is 5.06. The molecule has 1 heterocycles. The molecule has 1 aromatic heterocycles. The fraction of sp³-hybridized carbons (Fsp3) is 0.235. The Balaban J connectivity index is 1.70. The Hall–Kier alpha value is -2.21. The molecule has 0 aliphatic rings. The summed E-state index contributed by atoms with van der Waals surface area (Å²) in [6.07, 6.45) is 0.230. The van der Waals surface area contributed by atoms with E-state index in [0.717, 1.165) is 15.9 Å². The van der Waals surface area contributed by atoms with Crippen molar-refractivity contribution in [3.8, 4) is 0 Å². The van der Waals surface area contributed by atoms with E-state index in [-0.39, 0.29) is 18.2 Å². The molecule has 0 fully saturated rings. The molecule has 0 radical (unpaired) electrons. The van der Waals surface area contributed by atoms with Gasteiger partial charge in [-0.3, -0.25) is 14.6 Å². The van der Waals surface area contributed by atoms with Crippen LogP contribution in [0.2, 0.25) is 0 Å². The Bertz CT molecular complexity index is 686. The van der Waals surface area contributed by atoms with Crippen LogP contribution in [0, 0.1) is 6.92 Å². The number of hydrogen-bond donors (Lipinski definition) is 2. The highest BCUT2D eigenvalue weighted by molar-refractivity contribution is 9.10. The Labute approximate surface area is 143 Å². The molecule has 0 aliphatic carbocycles. The number of pyridine rings is 1. The predicted octanol–water partition coefficient (Wildman–Crippen LogP) is 2.59. The maximum atomic E-state index is 11.9. The van der Waals surface area contributed by atoms with Gasteiger partial charge in [0.05, 0.1) is 12.2 Å². The van der Waals surface area contributed by atoms with Gasteiger partial charge in [-0.05, 0) is 43.3 Å². The molecule has 2 N–H and O–H groups in total. The maximum Gasteiger partial charge on any atom is 0.251 e. The Morgan fingerprint density at radius 3 is 2.52 bits per heavy atom. The summed E-state index contributed by atoms with van der Waals surface area (Å²) in [6.45, 7) is 2.59. The summed E-state index contributed by atoms with van der Waals surface area (Å²) >= 11 is 3.32. The molecule has 0 spiro atoms. The summed E-state index contributed by atoms with van der Waals surface area (Å²) in [5.74, 6) is -0.310. The first-order valence-electron chi connectivity index (χ1n) is 7.27. The second-order valence-corrected chi connectivity index (χ2v) is 5.98. The van der Waals surface area contributed by atoms with Gasteiger partial charge >= 0.3 is 0 Å². The van der Waals surface area contributed by atoms with Crippen molar-refractivity contribution in [3.63, 3.8) is 0 Å². The number of aromatic nitrogens is 1. The van der Waals surface area contributed by atoms with Gasteiger partial charge < -0.3 is 10.6 Å². The molecule has 2 amide bonds. The standard InChI is InChI=1S/C17H18BrN3O2/c1-12-3-2-4-15(21-12)11-20-16(22)9-10-19-17(23)13-5-7-14(18)8-6-13/h2-8H,9-11H2,1H3,(H,19,23)(H,20,22). The van der Waals surface area contributed by atoms with Crippen molar-refractivity contribution in [2.45, 2.75) is 19.9 Å². The number of rotatable bonds is 6. The third kappa shape index (κ3) is 5.83. The van der Waals surface area contributed by atoms with E-state index in [0.29, 0.717) is 18.7 Å². The first kappa shape index (κ1) is 17.1. The highest BCUT2D eigenvalue weighted by atomic mass is 79.9. The van der Waals surface area contributed by atoms with Gasteiger partial charge in [0.1, 0.15) is 0 Å². The van der Waals surface area contributed by atoms with Crippen molar-refractivity contribution in [1.82, 2.24) is 15.6 Å². The molecule has 0 saturated carbocycles. The van der Waals surface area contributed by atoms with Crippen molar-refractivity contribution in [1.29, 1.82) is 0 Å². The van der Waals surface area contributed by atoms with Gasteiger partial charge in [-0.2, -0.15) is 0 Å². The minimum atomic E-state index is -0.189. The highest BCUT2D eigenvalue weighted by Gasteiger charge is 2.06. The van der Waals surface area contributed by atoms with Crippen LogP contribution in [0.4, 0.5) is 0 Å². The molecule has 1 aromatic carbocycles. The molecule has 0 unspecified atom stereocenters. The van der Waals surface area contributed by atoms with E-state index in [1.807, 2.05) is 25.1 Å². The third-order valence-corrected chi connectivity index (χ3v) is 3.69. The normalized spacial score (nSPS) is 10.2. The van der Waals surface area contributed by atoms with Crippen LogP contribution in [-0.4, -0.2) is 23.3 Å². The van der Waals surface area contributed by atoms with Gasteiger partial charge in [-0.15, -0.1) is 0 Å². The van der Waals surface area contributed by atoms with Crippen molar-refractivity contribution in [2.75, 3.05) is 6.54 Å². The molecule has 0 bridgehead atoms. The van der Waals surface area contributed by atoms with E-state index in [1.54, 1.807) is 24.3 Å². The lowest BCUT2D eigenvalue weighted by Crippen LogP contribution is -2.30. The molecule has 5 nitrogen and oxygen atoms in total. The zero-order valence-corrected chi connectivity index (χ0v) is 14.4. The number of carbonyl (C=O) groups excluding carboxylic acids is 2. The van der Waals surface area contributed by atoms with E-state index in [9.17, 15) is 9.59 Å². The molecule has 120 valence electrons. The van der Waals surface area contributed by atoms with Crippen LogP contribution < -0.4 is 10.6 Å². The van der Waals surface area contributed by atoms with Crippen LogP contribution in [0.25, 0.3) is 0 Å². The lowest BCUT2D eigenvalue weighted by atomic mass is 10.2. The second kappa shape index (κ2) is 8.43. The van der Waals surface area contributed by atoms with Gasteiger partial charge in [0.15, 0.2) is 0 Å². The van der Waals surface area contributed by atoms with Crippen LogP contribution >= 0.6 is 15.9 Å². The average Bonchev–Trinajstić information content (AvgIpc) is 2.53. The van der Waals surface area contributed by atoms with E-state index in [1.165, 1.54) is 0 Å². The monoisotopic (exact) mass is 375 g/mol. The van der Waals surface area contributed by atoms with Gasteiger partial charge in [0, 0.05) is 28.7 Å². The fourth-order valence-electron chi connectivity index (χ4n) is 1.97. The van der Waals surface area contributed by atoms with Gasteiger partial charge in [-0.25, -0.2) is 0 Å². The van der Waals surface area contributed by atoms with E-state index >= 15 is 0 Å². The van der Waals surface area contributed by atoms with Crippen molar-refractivity contribution < 1.29 is 9.59 Å². The van der Waals surface area contributed by atoms with Crippen LogP contribution in [0.3, 0.4) is 0 Å². The number of halogens is 1. The van der Waals surface area contributed by atoms with Crippen LogP contribution in [-0.2, 0) is 11.3 Å². The number of hydrogen-bond acceptors (Lipinski definition) is 3.